The van der Waals surface area contributed by atoms with Crippen LogP contribution >= 0.6 is 0 Å². The van der Waals surface area contributed by atoms with Crippen molar-refractivity contribution in [1.82, 2.24) is 0 Å². The van der Waals surface area contributed by atoms with Crippen molar-refractivity contribution >= 4 is 51.6 Å². The number of hydrogen-bond donors (Lipinski definition) is 0. The monoisotopic (exact) mass is 822 g/mol. The average Bonchev–Trinajstić information content (AvgIpc) is 3.68. The molecule has 0 nitrogen and oxygen atoms in total. The summed E-state index contributed by atoms with van der Waals surface area (Å²) in [6, 6.07) is 51.1. The minimum absolute atomic E-state index is 0.0533. The number of aryl methyl sites for hydroxylation is 1. The van der Waals surface area contributed by atoms with Crippen LogP contribution in [-0.4, -0.2) is 6.71 Å². The van der Waals surface area contributed by atoms with Crippen molar-refractivity contribution in [2.45, 2.75) is 59.3 Å². The zero-order valence-electron chi connectivity index (χ0n) is 37.7. The highest BCUT2D eigenvalue weighted by Gasteiger charge is 2.35. The Morgan fingerprint density at radius 2 is 1.23 bits per heavy atom. The summed E-state index contributed by atoms with van der Waals surface area (Å²) < 4.78 is 0. The van der Waals surface area contributed by atoms with Crippen LogP contribution in [0.3, 0.4) is 0 Å². The van der Waals surface area contributed by atoms with E-state index in [-0.39, 0.29) is 12.6 Å². The number of allylic oxidation sites excluding steroid dienone is 11. The van der Waals surface area contributed by atoms with Crippen LogP contribution in [0, 0.1) is 6.92 Å². The van der Waals surface area contributed by atoms with E-state index in [0.717, 1.165) is 31.3 Å². The molecule has 0 saturated carbocycles. The molecule has 3 aliphatic carbocycles. The average molecular weight is 823 g/mol. The molecular formula is C63H55B. The Morgan fingerprint density at radius 3 is 1.92 bits per heavy atom. The Labute approximate surface area is 381 Å². The molecule has 0 heterocycles. The molecule has 0 aromatic heterocycles. The molecule has 0 unspecified atom stereocenters. The molecule has 0 aliphatic heterocycles. The molecule has 0 bridgehead atoms. The third kappa shape index (κ3) is 7.34. The molecule has 1 heteroatoms. The Hall–Kier alpha value is -6.96. The Morgan fingerprint density at radius 1 is 0.609 bits per heavy atom. The maximum atomic E-state index is 3.96. The van der Waals surface area contributed by atoms with E-state index in [2.05, 4.69) is 222 Å². The minimum atomic E-state index is -0.0533. The van der Waals surface area contributed by atoms with E-state index < -0.39 is 0 Å². The normalized spacial score (nSPS) is 14.7. The molecule has 64 heavy (non-hydrogen) atoms. The van der Waals surface area contributed by atoms with E-state index in [0.29, 0.717) is 0 Å². The standard InChI is InChI=1S/C63H55B/c1-6-20-45(21-7-2)42(3)36-37-43(4)46-23-18-24-47(40-46)64(48-38-39-56-52-28-11-10-26-50(52)51-27-12-13-31-55(51)60(56)41-48)61-35-19-34-59(63(61)49-25-9-8-22-44(49)5)62-57-32-16-14-29-53(57)54-30-15-17-33-58(54)62/h6-9,11,13-25,28-41,62H,1,10,12,26-27H2,2-5H3/b21-7-,42-36+,43-37+,45-20+. The van der Waals surface area contributed by atoms with Gasteiger partial charge < -0.3 is 0 Å². The largest absolute Gasteiger partial charge is 0.242 e. The summed E-state index contributed by atoms with van der Waals surface area (Å²) >= 11 is 0. The summed E-state index contributed by atoms with van der Waals surface area (Å²) in [7, 11) is 0. The molecule has 0 spiro atoms. The van der Waals surface area contributed by atoms with Crippen molar-refractivity contribution in [3.63, 3.8) is 0 Å². The van der Waals surface area contributed by atoms with E-state index in [1.165, 1.54) is 99.5 Å². The van der Waals surface area contributed by atoms with Gasteiger partial charge in [-0.1, -0.05) is 217 Å². The van der Waals surface area contributed by atoms with Gasteiger partial charge in [0.05, 0.1) is 0 Å². The van der Waals surface area contributed by atoms with Crippen molar-refractivity contribution in [2.75, 3.05) is 0 Å². The topological polar surface area (TPSA) is 0 Å². The zero-order valence-corrected chi connectivity index (χ0v) is 37.7. The Balaban J connectivity index is 1.24. The predicted octanol–water partition coefficient (Wildman–Crippen LogP) is 14.4. The molecular weight excluding hydrogens is 768 g/mol. The highest BCUT2D eigenvalue weighted by Crippen LogP contribution is 2.50. The van der Waals surface area contributed by atoms with Crippen LogP contribution in [0.5, 0.6) is 0 Å². The number of benzene rings is 7. The second-order valence-corrected chi connectivity index (χ2v) is 17.8. The highest BCUT2D eigenvalue weighted by atomic mass is 14.3. The molecule has 0 fully saturated rings. The maximum absolute atomic E-state index is 3.96. The smallest absolute Gasteiger partial charge is 0.0990 e. The molecule has 0 radical (unpaired) electrons. The lowest BCUT2D eigenvalue weighted by Crippen LogP contribution is -2.53. The Bertz CT molecular complexity index is 3130. The minimum Gasteiger partial charge on any atom is -0.0990 e. The highest BCUT2D eigenvalue weighted by molar-refractivity contribution is 6.96. The number of rotatable bonds is 10. The van der Waals surface area contributed by atoms with Crippen molar-refractivity contribution in [3.05, 3.63) is 250 Å². The van der Waals surface area contributed by atoms with E-state index in [1.54, 1.807) is 11.1 Å². The molecule has 0 saturated heterocycles. The van der Waals surface area contributed by atoms with E-state index in [9.17, 15) is 0 Å². The predicted molar refractivity (Wildman–Crippen MR) is 280 cm³/mol. The van der Waals surface area contributed by atoms with Gasteiger partial charge in [-0.25, -0.2) is 0 Å². The van der Waals surface area contributed by atoms with Gasteiger partial charge in [0.25, 0.3) is 0 Å². The first-order valence-electron chi connectivity index (χ1n) is 23.2. The first kappa shape index (κ1) is 41.1. The van der Waals surface area contributed by atoms with Crippen LogP contribution in [0.1, 0.15) is 89.6 Å². The number of hydrogen-bond acceptors (Lipinski definition) is 0. The van der Waals surface area contributed by atoms with Gasteiger partial charge in [0.1, 0.15) is 0 Å². The van der Waals surface area contributed by atoms with E-state index in [4.69, 9.17) is 0 Å². The van der Waals surface area contributed by atoms with Gasteiger partial charge in [0.2, 0.25) is 6.71 Å². The number of fused-ring (bicyclic) bond motifs is 9. The molecule has 7 aromatic carbocycles. The Kier molecular flexibility index (Phi) is 11.3. The van der Waals surface area contributed by atoms with Crippen molar-refractivity contribution in [3.8, 4) is 22.3 Å². The fourth-order valence-electron chi connectivity index (χ4n) is 11.0. The summed E-state index contributed by atoms with van der Waals surface area (Å²) in [5, 5.41) is 2.73. The van der Waals surface area contributed by atoms with Crippen molar-refractivity contribution in [2.24, 2.45) is 0 Å². The summed E-state index contributed by atoms with van der Waals surface area (Å²) in [6.45, 7) is 12.7. The van der Waals surface area contributed by atoms with Gasteiger partial charge in [0, 0.05) is 5.92 Å². The van der Waals surface area contributed by atoms with E-state index in [1.807, 2.05) is 6.08 Å². The maximum Gasteiger partial charge on any atom is 0.242 e. The molecule has 0 amide bonds. The molecule has 7 aromatic rings. The second-order valence-electron chi connectivity index (χ2n) is 17.8. The second kappa shape index (κ2) is 17.7. The van der Waals surface area contributed by atoms with Crippen LogP contribution in [0.4, 0.5) is 0 Å². The van der Waals surface area contributed by atoms with Gasteiger partial charge >= 0.3 is 0 Å². The quantitative estimate of drug-likeness (QED) is 0.0952. The third-order valence-electron chi connectivity index (χ3n) is 14.0. The molecule has 310 valence electrons. The van der Waals surface area contributed by atoms with Crippen LogP contribution in [-0.2, 0) is 12.8 Å². The van der Waals surface area contributed by atoms with Gasteiger partial charge in [-0.3, -0.25) is 0 Å². The lowest BCUT2D eigenvalue weighted by atomic mass is 9.35. The first-order chi connectivity index (χ1) is 31.4. The molecule has 3 aliphatic rings. The summed E-state index contributed by atoms with van der Waals surface area (Å²) in [5.74, 6) is 0.101. The SMILES string of the molecule is C=C/C=C(\C=C/C)C(/C)=C/C=C(\C)c1cccc(B(c2ccc3c4c(c5c(c3c2)C=CCC5)CCC=C4)c2cccc(C3c4ccccc4-c4ccccc43)c2-c2ccccc2C)c1. The van der Waals surface area contributed by atoms with Gasteiger partial charge in [-0.05, 0) is 153 Å². The molecule has 0 N–H and O–H groups in total. The van der Waals surface area contributed by atoms with Gasteiger partial charge in [-0.2, -0.15) is 0 Å². The van der Waals surface area contributed by atoms with Gasteiger partial charge in [-0.15, -0.1) is 0 Å². The lowest BCUT2D eigenvalue weighted by molar-refractivity contribution is 0.911. The fourth-order valence-corrected chi connectivity index (χ4v) is 11.0. The zero-order chi connectivity index (χ0) is 43.7. The first-order valence-corrected chi connectivity index (χ1v) is 23.2. The van der Waals surface area contributed by atoms with Crippen LogP contribution in [0.15, 0.2) is 200 Å². The third-order valence-corrected chi connectivity index (χ3v) is 14.0. The van der Waals surface area contributed by atoms with Crippen LogP contribution in [0.2, 0.25) is 0 Å². The van der Waals surface area contributed by atoms with Crippen molar-refractivity contribution in [1.29, 1.82) is 0 Å². The fraction of sp³-hybridized carbons (Fsp3) is 0.143. The van der Waals surface area contributed by atoms with Gasteiger partial charge in [0.15, 0.2) is 0 Å². The van der Waals surface area contributed by atoms with E-state index >= 15 is 0 Å². The van der Waals surface area contributed by atoms with Crippen LogP contribution in [0.25, 0.3) is 50.8 Å². The van der Waals surface area contributed by atoms with Crippen molar-refractivity contribution < 1.29 is 0 Å². The summed E-state index contributed by atoms with van der Waals surface area (Å²) in [4.78, 5) is 0. The lowest BCUT2D eigenvalue weighted by Gasteiger charge is -2.27. The summed E-state index contributed by atoms with van der Waals surface area (Å²) in [6.07, 6.45) is 26.7. The van der Waals surface area contributed by atoms with Crippen LogP contribution < -0.4 is 16.4 Å². The molecule has 0 atom stereocenters. The summed E-state index contributed by atoms with van der Waals surface area (Å²) in [5.41, 5.74) is 25.4. The molecule has 10 rings (SSSR count).